The van der Waals surface area contributed by atoms with Crippen LogP contribution in [0.4, 0.5) is 0 Å². The highest BCUT2D eigenvalue weighted by atomic mass is 79.9. The van der Waals surface area contributed by atoms with Crippen LogP contribution in [0.5, 0.6) is 5.75 Å². The van der Waals surface area contributed by atoms with Gasteiger partial charge in [-0.3, -0.25) is 4.79 Å². The molecule has 1 rings (SSSR count). The number of halogens is 1. The number of aliphatic hydroxyl groups excluding tert-OH is 1. The molecular weight excluding hydrogens is 318 g/mol. The quantitative estimate of drug-likeness (QED) is 0.713. The first-order valence-electron chi connectivity index (χ1n) is 5.46. The predicted octanol–water partition coefficient (Wildman–Crippen LogP) is 0.698. The van der Waals surface area contributed by atoms with Gasteiger partial charge in [-0.05, 0) is 40.5 Å². The zero-order valence-corrected chi connectivity index (χ0v) is 11.8. The molecule has 0 saturated carbocycles. The maximum absolute atomic E-state index is 11.4. The van der Waals surface area contributed by atoms with Gasteiger partial charge < -0.3 is 20.3 Å². The lowest BCUT2D eigenvalue weighted by atomic mass is 10.2. The number of aryl methyl sites for hydroxylation is 1. The van der Waals surface area contributed by atoms with Gasteiger partial charge in [0, 0.05) is 0 Å². The van der Waals surface area contributed by atoms with Crippen molar-refractivity contribution < 1.29 is 24.5 Å². The first-order valence-corrected chi connectivity index (χ1v) is 6.25. The Morgan fingerprint density at radius 1 is 1.47 bits per heavy atom. The third-order valence-electron chi connectivity index (χ3n) is 2.26. The van der Waals surface area contributed by atoms with Crippen molar-refractivity contribution in [3.63, 3.8) is 0 Å². The number of ether oxygens (including phenoxy) is 1. The summed E-state index contributed by atoms with van der Waals surface area (Å²) in [4.78, 5) is 22.1. The molecular formula is C12H14BrNO5. The maximum atomic E-state index is 11.4. The van der Waals surface area contributed by atoms with Gasteiger partial charge in [-0.1, -0.05) is 6.07 Å². The summed E-state index contributed by atoms with van der Waals surface area (Å²) in [6, 6.07) is 4.04. The number of aliphatic hydroxyl groups is 1. The molecule has 1 atom stereocenters. The van der Waals surface area contributed by atoms with E-state index in [1.165, 1.54) is 0 Å². The second-order valence-corrected chi connectivity index (χ2v) is 4.72. The molecule has 0 aliphatic carbocycles. The van der Waals surface area contributed by atoms with Crippen molar-refractivity contribution in [3.8, 4) is 5.75 Å². The highest BCUT2D eigenvalue weighted by Crippen LogP contribution is 2.25. The fraction of sp³-hybridized carbons (Fsp3) is 0.333. The van der Waals surface area contributed by atoms with E-state index in [2.05, 4.69) is 21.2 Å². The van der Waals surface area contributed by atoms with Crippen molar-refractivity contribution in [2.75, 3.05) is 13.2 Å². The molecule has 0 bridgehead atoms. The lowest BCUT2D eigenvalue weighted by molar-refractivity contribution is -0.143. The standard InChI is InChI=1S/C12H14BrNO5/c1-7-2-3-10(8(13)4-7)19-6-11(16)14-9(5-15)12(17)18/h2-4,9,15H,5-6H2,1H3,(H,14,16)(H,17,18)/t9-/m0/s1. The van der Waals surface area contributed by atoms with Gasteiger partial charge in [0.2, 0.25) is 0 Å². The van der Waals surface area contributed by atoms with Gasteiger partial charge in [0.05, 0.1) is 11.1 Å². The number of nitrogens with one attached hydrogen (secondary N) is 1. The highest BCUT2D eigenvalue weighted by molar-refractivity contribution is 9.10. The van der Waals surface area contributed by atoms with Crippen LogP contribution in [-0.2, 0) is 9.59 Å². The normalized spacial score (nSPS) is 11.7. The van der Waals surface area contributed by atoms with Crippen LogP contribution in [0.2, 0.25) is 0 Å². The number of aliphatic carboxylic acids is 1. The molecule has 1 aromatic carbocycles. The van der Waals surface area contributed by atoms with Gasteiger partial charge >= 0.3 is 5.97 Å². The molecule has 0 aromatic heterocycles. The molecule has 3 N–H and O–H groups in total. The monoisotopic (exact) mass is 331 g/mol. The van der Waals surface area contributed by atoms with E-state index in [0.29, 0.717) is 10.2 Å². The van der Waals surface area contributed by atoms with E-state index in [-0.39, 0.29) is 6.61 Å². The number of amides is 1. The summed E-state index contributed by atoms with van der Waals surface area (Å²) in [6.07, 6.45) is 0. The van der Waals surface area contributed by atoms with Gasteiger partial charge in [0.25, 0.3) is 5.91 Å². The Hall–Kier alpha value is -1.60. The van der Waals surface area contributed by atoms with Crippen molar-refractivity contribution in [1.82, 2.24) is 5.32 Å². The molecule has 19 heavy (non-hydrogen) atoms. The topological polar surface area (TPSA) is 95.9 Å². The minimum atomic E-state index is -1.32. The molecule has 0 aliphatic rings. The number of benzene rings is 1. The summed E-state index contributed by atoms with van der Waals surface area (Å²) in [7, 11) is 0. The Bertz CT molecular complexity index is 477. The summed E-state index contributed by atoms with van der Waals surface area (Å²) >= 11 is 3.29. The predicted molar refractivity (Wildman–Crippen MR) is 71.0 cm³/mol. The van der Waals surface area contributed by atoms with E-state index in [4.69, 9.17) is 14.9 Å². The van der Waals surface area contributed by atoms with Crippen LogP contribution >= 0.6 is 15.9 Å². The second kappa shape index (κ2) is 7.10. The van der Waals surface area contributed by atoms with Gasteiger partial charge in [-0.15, -0.1) is 0 Å². The number of hydrogen-bond donors (Lipinski definition) is 3. The smallest absolute Gasteiger partial charge is 0.328 e. The number of rotatable bonds is 6. The first kappa shape index (κ1) is 15.5. The third-order valence-corrected chi connectivity index (χ3v) is 2.88. The van der Waals surface area contributed by atoms with Crippen LogP contribution in [0.1, 0.15) is 5.56 Å². The van der Waals surface area contributed by atoms with Gasteiger partial charge in [0.1, 0.15) is 11.8 Å². The SMILES string of the molecule is Cc1ccc(OCC(=O)N[C@@H](CO)C(=O)O)c(Br)c1. The van der Waals surface area contributed by atoms with Crippen molar-refractivity contribution in [2.24, 2.45) is 0 Å². The Balaban J connectivity index is 2.52. The van der Waals surface area contributed by atoms with E-state index < -0.39 is 24.5 Å². The average molecular weight is 332 g/mol. The van der Waals surface area contributed by atoms with Crippen LogP contribution in [0.25, 0.3) is 0 Å². The van der Waals surface area contributed by atoms with Crippen LogP contribution in [0, 0.1) is 6.92 Å². The summed E-state index contributed by atoms with van der Waals surface area (Å²) in [5.74, 6) is -1.43. The van der Waals surface area contributed by atoms with E-state index >= 15 is 0 Å². The Morgan fingerprint density at radius 3 is 2.68 bits per heavy atom. The van der Waals surface area contributed by atoms with Crippen LogP contribution in [0.3, 0.4) is 0 Å². The maximum Gasteiger partial charge on any atom is 0.328 e. The molecule has 104 valence electrons. The van der Waals surface area contributed by atoms with Gasteiger partial charge in [0.15, 0.2) is 6.61 Å². The summed E-state index contributed by atoms with van der Waals surface area (Å²) in [5.41, 5.74) is 1.04. The van der Waals surface area contributed by atoms with E-state index in [1.54, 1.807) is 6.07 Å². The van der Waals surface area contributed by atoms with Crippen LogP contribution in [-0.4, -0.2) is 41.3 Å². The minimum absolute atomic E-state index is 0.328. The molecule has 0 radical (unpaired) electrons. The number of hydrogen-bond acceptors (Lipinski definition) is 4. The summed E-state index contributed by atoms with van der Waals surface area (Å²) in [6.45, 7) is 0.917. The van der Waals surface area contributed by atoms with Crippen molar-refractivity contribution >= 4 is 27.8 Å². The molecule has 6 nitrogen and oxygen atoms in total. The first-order chi connectivity index (χ1) is 8.93. The molecule has 0 aliphatic heterocycles. The average Bonchev–Trinajstić information content (AvgIpc) is 2.34. The molecule has 0 heterocycles. The second-order valence-electron chi connectivity index (χ2n) is 3.86. The molecule has 0 spiro atoms. The number of carbonyl (C=O) groups excluding carboxylic acids is 1. The number of carboxylic acids is 1. The van der Waals surface area contributed by atoms with E-state index in [1.807, 2.05) is 19.1 Å². The Labute approximate surface area is 118 Å². The largest absolute Gasteiger partial charge is 0.483 e. The Morgan fingerprint density at radius 2 is 2.16 bits per heavy atom. The van der Waals surface area contributed by atoms with Crippen molar-refractivity contribution in [3.05, 3.63) is 28.2 Å². The number of carbonyl (C=O) groups is 2. The molecule has 0 unspecified atom stereocenters. The zero-order chi connectivity index (χ0) is 14.4. The molecule has 1 aromatic rings. The van der Waals surface area contributed by atoms with E-state index in [0.717, 1.165) is 5.56 Å². The third kappa shape index (κ3) is 4.88. The summed E-state index contributed by atoms with van der Waals surface area (Å²) in [5, 5.41) is 19.6. The zero-order valence-electron chi connectivity index (χ0n) is 10.2. The minimum Gasteiger partial charge on any atom is -0.483 e. The summed E-state index contributed by atoms with van der Waals surface area (Å²) < 4.78 is 5.95. The van der Waals surface area contributed by atoms with Crippen LogP contribution in [0.15, 0.2) is 22.7 Å². The lowest BCUT2D eigenvalue weighted by Crippen LogP contribution is -2.45. The Kier molecular flexibility index (Phi) is 5.78. The molecule has 0 fully saturated rings. The van der Waals surface area contributed by atoms with Gasteiger partial charge in [-0.25, -0.2) is 4.79 Å². The fourth-order valence-electron chi connectivity index (χ4n) is 1.29. The molecule has 7 heteroatoms. The highest BCUT2D eigenvalue weighted by Gasteiger charge is 2.18. The van der Waals surface area contributed by atoms with Crippen molar-refractivity contribution in [1.29, 1.82) is 0 Å². The molecule has 0 saturated heterocycles. The van der Waals surface area contributed by atoms with Gasteiger partial charge in [-0.2, -0.15) is 0 Å². The van der Waals surface area contributed by atoms with E-state index in [9.17, 15) is 9.59 Å². The van der Waals surface area contributed by atoms with Crippen molar-refractivity contribution in [2.45, 2.75) is 13.0 Å². The molecule has 1 amide bonds. The number of carboxylic acid groups (broad SMARTS) is 1. The lowest BCUT2D eigenvalue weighted by Gasteiger charge is -2.13. The fourth-order valence-corrected chi connectivity index (χ4v) is 1.90. The van der Waals surface area contributed by atoms with Crippen LogP contribution < -0.4 is 10.1 Å².